The van der Waals surface area contributed by atoms with Crippen LogP contribution >= 0.6 is 0 Å². The first-order valence-corrected chi connectivity index (χ1v) is 5.72. The van der Waals surface area contributed by atoms with Crippen molar-refractivity contribution in [2.24, 2.45) is 5.92 Å². The van der Waals surface area contributed by atoms with Gasteiger partial charge in [-0.1, -0.05) is 0 Å². The average molecular weight is 242 g/mol. The quantitative estimate of drug-likeness (QED) is 0.711. The number of aliphatic hydroxyl groups excluding tert-OH is 1. The summed E-state index contributed by atoms with van der Waals surface area (Å²) in [6.45, 7) is 0.467. The van der Waals surface area contributed by atoms with Crippen LogP contribution in [0.5, 0.6) is 0 Å². The van der Waals surface area contributed by atoms with E-state index in [2.05, 4.69) is 5.32 Å². The Balaban J connectivity index is 1.99. The zero-order chi connectivity index (χ0) is 12.4. The van der Waals surface area contributed by atoms with E-state index in [9.17, 15) is 13.9 Å². The second-order valence-electron chi connectivity index (χ2n) is 4.57. The molecule has 1 saturated carbocycles. The number of benzene rings is 1. The number of hydrogen-bond acceptors (Lipinski definition) is 3. The lowest BCUT2D eigenvalue weighted by molar-refractivity contribution is 0.178. The molecule has 2 atom stereocenters. The topological polar surface area (TPSA) is 58.3 Å². The molecule has 1 fully saturated rings. The Morgan fingerprint density at radius 1 is 1.29 bits per heavy atom. The Hall–Kier alpha value is -1.36. The third-order valence-corrected chi connectivity index (χ3v) is 3.15. The van der Waals surface area contributed by atoms with Crippen LogP contribution in [-0.4, -0.2) is 17.8 Å². The van der Waals surface area contributed by atoms with Gasteiger partial charge in [0.25, 0.3) is 0 Å². The van der Waals surface area contributed by atoms with Gasteiger partial charge in [0.05, 0.1) is 6.10 Å². The largest absolute Gasteiger partial charge is 0.399 e. The summed E-state index contributed by atoms with van der Waals surface area (Å²) in [5.41, 5.74) is 5.26. The first-order chi connectivity index (χ1) is 8.06. The van der Waals surface area contributed by atoms with Crippen LogP contribution in [0.25, 0.3) is 0 Å². The highest BCUT2D eigenvalue weighted by Gasteiger charge is 2.23. The smallest absolute Gasteiger partial charge is 0.151 e. The molecular weight excluding hydrogens is 226 g/mol. The Kier molecular flexibility index (Phi) is 3.47. The summed E-state index contributed by atoms with van der Waals surface area (Å²) >= 11 is 0. The van der Waals surface area contributed by atoms with Gasteiger partial charge in [-0.3, -0.25) is 0 Å². The summed E-state index contributed by atoms with van der Waals surface area (Å²) in [5, 5.41) is 12.1. The zero-order valence-corrected chi connectivity index (χ0v) is 9.42. The average Bonchev–Trinajstić information content (AvgIpc) is 2.62. The van der Waals surface area contributed by atoms with Crippen molar-refractivity contribution in [3.8, 4) is 0 Å². The fourth-order valence-corrected chi connectivity index (χ4v) is 2.24. The van der Waals surface area contributed by atoms with Gasteiger partial charge in [-0.05, 0) is 37.3 Å². The number of nitrogens with two attached hydrogens (primary N) is 1. The number of aliphatic hydroxyl groups is 1. The first kappa shape index (κ1) is 12.1. The predicted octanol–water partition coefficient (Wildman–Crippen LogP) is 2.12. The molecule has 1 aromatic rings. The standard InChI is InChI=1S/C12H16F2N2O/c13-10-4-8(15)5-11(14)12(10)16-6-7-1-2-9(17)3-7/h4-5,7,9,16-17H,1-3,6,15H2. The van der Waals surface area contributed by atoms with Gasteiger partial charge in [0.2, 0.25) is 0 Å². The molecule has 94 valence electrons. The van der Waals surface area contributed by atoms with Crippen LogP contribution in [0, 0.1) is 17.6 Å². The summed E-state index contributed by atoms with van der Waals surface area (Å²) in [4.78, 5) is 0. The van der Waals surface area contributed by atoms with Crippen molar-refractivity contribution >= 4 is 11.4 Å². The van der Waals surface area contributed by atoms with Crippen molar-refractivity contribution < 1.29 is 13.9 Å². The van der Waals surface area contributed by atoms with Crippen LogP contribution in [0.1, 0.15) is 19.3 Å². The lowest BCUT2D eigenvalue weighted by Crippen LogP contribution is -2.14. The minimum atomic E-state index is -0.680. The highest BCUT2D eigenvalue weighted by molar-refractivity contribution is 5.54. The van der Waals surface area contributed by atoms with Gasteiger partial charge >= 0.3 is 0 Å². The molecule has 1 aliphatic rings. The highest BCUT2D eigenvalue weighted by atomic mass is 19.1. The summed E-state index contributed by atoms with van der Waals surface area (Å²) in [6.07, 6.45) is 2.05. The fourth-order valence-electron chi connectivity index (χ4n) is 2.24. The van der Waals surface area contributed by atoms with Gasteiger partial charge in [0.1, 0.15) is 5.69 Å². The number of nitrogens with one attached hydrogen (secondary N) is 1. The molecule has 0 spiro atoms. The van der Waals surface area contributed by atoms with E-state index in [-0.39, 0.29) is 23.4 Å². The van der Waals surface area contributed by atoms with Crippen LogP contribution in [-0.2, 0) is 0 Å². The Bertz CT molecular complexity index is 388. The van der Waals surface area contributed by atoms with Crippen molar-refractivity contribution in [2.75, 3.05) is 17.6 Å². The third kappa shape index (κ3) is 2.85. The molecule has 3 nitrogen and oxygen atoms in total. The highest BCUT2D eigenvalue weighted by Crippen LogP contribution is 2.27. The molecule has 0 heterocycles. The summed E-state index contributed by atoms with van der Waals surface area (Å²) in [5.74, 6) is -1.09. The van der Waals surface area contributed by atoms with E-state index in [1.807, 2.05) is 0 Å². The molecule has 0 aromatic heterocycles. The zero-order valence-electron chi connectivity index (χ0n) is 9.42. The molecule has 0 amide bonds. The van der Waals surface area contributed by atoms with Gasteiger partial charge < -0.3 is 16.2 Å². The lowest BCUT2D eigenvalue weighted by atomic mass is 10.1. The maximum atomic E-state index is 13.4. The Labute approximate surface area is 98.6 Å². The van der Waals surface area contributed by atoms with Crippen molar-refractivity contribution in [3.63, 3.8) is 0 Å². The second-order valence-corrected chi connectivity index (χ2v) is 4.57. The minimum Gasteiger partial charge on any atom is -0.399 e. The second kappa shape index (κ2) is 4.87. The van der Waals surface area contributed by atoms with E-state index >= 15 is 0 Å². The van der Waals surface area contributed by atoms with Crippen molar-refractivity contribution in [2.45, 2.75) is 25.4 Å². The maximum Gasteiger partial charge on any atom is 0.151 e. The maximum absolute atomic E-state index is 13.4. The molecule has 1 aromatic carbocycles. The molecule has 1 aliphatic carbocycles. The van der Waals surface area contributed by atoms with Crippen LogP contribution in [0.3, 0.4) is 0 Å². The predicted molar refractivity (Wildman–Crippen MR) is 62.6 cm³/mol. The van der Waals surface area contributed by atoms with Crippen molar-refractivity contribution in [3.05, 3.63) is 23.8 Å². The number of halogens is 2. The molecule has 0 saturated heterocycles. The number of anilines is 2. The molecule has 2 rings (SSSR count). The summed E-state index contributed by atoms with van der Waals surface area (Å²) in [7, 11) is 0. The van der Waals surface area contributed by atoms with Crippen LogP contribution in [0.2, 0.25) is 0 Å². The lowest BCUT2D eigenvalue weighted by Gasteiger charge is -2.13. The minimum absolute atomic E-state index is 0.0711. The van der Waals surface area contributed by atoms with E-state index in [1.54, 1.807) is 0 Å². The van der Waals surface area contributed by atoms with E-state index in [1.165, 1.54) is 0 Å². The van der Waals surface area contributed by atoms with Crippen LogP contribution in [0.4, 0.5) is 20.2 Å². The molecule has 17 heavy (non-hydrogen) atoms. The number of hydrogen-bond donors (Lipinski definition) is 3. The van der Waals surface area contributed by atoms with Crippen molar-refractivity contribution in [1.82, 2.24) is 0 Å². The fraction of sp³-hybridized carbons (Fsp3) is 0.500. The van der Waals surface area contributed by atoms with Gasteiger partial charge in [0.15, 0.2) is 11.6 Å². The molecule has 0 aliphatic heterocycles. The monoisotopic (exact) mass is 242 g/mol. The van der Waals surface area contributed by atoms with Crippen molar-refractivity contribution in [1.29, 1.82) is 0 Å². The molecule has 5 heteroatoms. The van der Waals surface area contributed by atoms with E-state index in [0.29, 0.717) is 13.0 Å². The van der Waals surface area contributed by atoms with Gasteiger partial charge in [-0.2, -0.15) is 0 Å². The number of nitrogen functional groups attached to an aromatic ring is 1. The van der Waals surface area contributed by atoms with E-state index < -0.39 is 11.6 Å². The van der Waals surface area contributed by atoms with Gasteiger partial charge in [0, 0.05) is 12.2 Å². The van der Waals surface area contributed by atoms with E-state index in [4.69, 9.17) is 5.73 Å². The SMILES string of the molecule is Nc1cc(F)c(NCC2CCC(O)C2)c(F)c1. The molecule has 0 radical (unpaired) electrons. The van der Waals surface area contributed by atoms with Crippen LogP contribution < -0.4 is 11.1 Å². The van der Waals surface area contributed by atoms with Crippen LogP contribution in [0.15, 0.2) is 12.1 Å². The molecule has 2 unspecified atom stereocenters. The first-order valence-electron chi connectivity index (χ1n) is 5.72. The molecule has 4 N–H and O–H groups in total. The Morgan fingerprint density at radius 3 is 2.47 bits per heavy atom. The summed E-state index contributed by atoms with van der Waals surface area (Å²) in [6, 6.07) is 2.18. The number of rotatable bonds is 3. The Morgan fingerprint density at radius 2 is 1.94 bits per heavy atom. The van der Waals surface area contributed by atoms with Gasteiger partial charge in [-0.25, -0.2) is 8.78 Å². The van der Waals surface area contributed by atoms with Gasteiger partial charge in [-0.15, -0.1) is 0 Å². The van der Waals surface area contributed by atoms with E-state index in [0.717, 1.165) is 25.0 Å². The normalized spacial score (nSPS) is 23.9. The summed E-state index contributed by atoms with van der Waals surface area (Å²) < 4.78 is 26.9. The molecular formula is C12H16F2N2O. The third-order valence-electron chi connectivity index (χ3n) is 3.15. The molecule has 0 bridgehead atoms.